The molecule has 50 heavy (non-hydrogen) atoms. The van der Waals surface area contributed by atoms with Gasteiger partial charge in [0, 0.05) is 54.9 Å². The molecule has 0 amide bonds. The zero-order valence-electron chi connectivity index (χ0n) is 27.7. The molecule has 0 radical (unpaired) electrons. The molecule has 10 aromatic rings. The van der Waals surface area contributed by atoms with E-state index in [1.165, 1.54) is 65.3 Å². The van der Waals surface area contributed by atoms with E-state index in [0.717, 1.165) is 28.3 Å². The molecule has 3 aromatic heterocycles. The summed E-state index contributed by atoms with van der Waals surface area (Å²) < 4.78 is 7.19. The minimum absolute atomic E-state index is 1.08. The molecule has 0 aliphatic rings. The summed E-state index contributed by atoms with van der Waals surface area (Å²) in [5.41, 5.74) is 11.7. The Balaban J connectivity index is 1.30. The van der Waals surface area contributed by atoms with Gasteiger partial charge in [-0.05, 0) is 85.1 Å². The summed E-state index contributed by atoms with van der Waals surface area (Å²) in [4.78, 5) is 0. The lowest BCUT2D eigenvalue weighted by Crippen LogP contribution is -1.98. The lowest BCUT2D eigenvalue weighted by Gasteiger charge is -2.12. The van der Waals surface area contributed by atoms with Crippen molar-refractivity contribution in [2.45, 2.75) is 6.92 Å². The summed E-state index contributed by atoms with van der Waals surface area (Å²) in [5.74, 6) is 0. The number of nitrogens with zero attached hydrogens (tertiary/aromatic N) is 3. The van der Waals surface area contributed by atoms with E-state index in [9.17, 15) is 0 Å². The summed E-state index contributed by atoms with van der Waals surface area (Å²) >= 11 is 0. The number of hydrogen-bond donors (Lipinski definition) is 0. The SMILES string of the molecule is C=Cc1c(/C=C\C)c2cc3c(ccc4c5ccccc5n(-c5ccccc5)c34)cc2n1-c1ccc2c(c1)c1ccccc1n2-c1ccccc1. The van der Waals surface area contributed by atoms with Crippen LogP contribution in [0.25, 0.3) is 94.5 Å². The third-order valence-corrected chi connectivity index (χ3v) is 10.3. The second kappa shape index (κ2) is 11.0. The molecule has 0 saturated heterocycles. The van der Waals surface area contributed by atoms with E-state index >= 15 is 0 Å². The number of aromatic nitrogens is 3. The summed E-state index contributed by atoms with van der Waals surface area (Å²) in [6.45, 7) is 6.44. The highest BCUT2D eigenvalue weighted by atomic mass is 15.0. The van der Waals surface area contributed by atoms with E-state index in [1.807, 2.05) is 6.08 Å². The molecule has 0 atom stereocenters. The van der Waals surface area contributed by atoms with Crippen LogP contribution in [0.3, 0.4) is 0 Å². The molecule has 0 aliphatic carbocycles. The summed E-state index contributed by atoms with van der Waals surface area (Å²) in [6.07, 6.45) is 6.37. The highest BCUT2D eigenvalue weighted by molar-refractivity contribution is 6.21. The van der Waals surface area contributed by atoms with Gasteiger partial charge in [-0.2, -0.15) is 0 Å². The van der Waals surface area contributed by atoms with Crippen LogP contribution in [0.4, 0.5) is 0 Å². The van der Waals surface area contributed by atoms with E-state index < -0.39 is 0 Å². The normalized spacial score (nSPS) is 12.1. The van der Waals surface area contributed by atoms with Gasteiger partial charge in [-0.1, -0.05) is 104 Å². The molecule has 7 aromatic carbocycles. The van der Waals surface area contributed by atoms with Crippen molar-refractivity contribution >= 4 is 77.4 Å². The number of allylic oxidation sites excluding steroid dienone is 1. The van der Waals surface area contributed by atoms with Crippen molar-refractivity contribution in [2.24, 2.45) is 0 Å². The van der Waals surface area contributed by atoms with E-state index in [1.54, 1.807) is 0 Å². The van der Waals surface area contributed by atoms with Gasteiger partial charge in [-0.15, -0.1) is 0 Å². The van der Waals surface area contributed by atoms with Crippen molar-refractivity contribution in [3.63, 3.8) is 0 Å². The molecule has 3 heterocycles. The molecule has 0 saturated carbocycles. The molecule has 0 bridgehead atoms. The van der Waals surface area contributed by atoms with Crippen LogP contribution >= 0.6 is 0 Å². The summed E-state index contributed by atoms with van der Waals surface area (Å²) in [7, 11) is 0. The lowest BCUT2D eigenvalue weighted by atomic mass is 10.0. The van der Waals surface area contributed by atoms with Gasteiger partial charge < -0.3 is 13.7 Å². The van der Waals surface area contributed by atoms with Crippen LogP contribution in [0, 0.1) is 0 Å². The zero-order chi connectivity index (χ0) is 33.3. The Morgan fingerprint density at radius 3 is 1.76 bits per heavy atom. The van der Waals surface area contributed by atoms with Crippen LogP contribution in [-0.4, -0.2) is 13.7 Å². The average Bonchev–Trinajstić information content (AvgIpc) is 3.80. The van der Waals surface area contributed by atoms with Crippen molar-refractivity contribution in [3.8, 4) is 17.1 Å². The molecular weight excluding hydrogens is 607 g/mol. The maximum absolute atomic E-state index is 4.35. The third kappa shape index (κ3) is 3.98. The lowest BCUT2D eigenvalue weighted by molar-refractivity contribution is 1.11. The van der Waals surface area contributed by atoms with Crippen molar-refractivity contribution in [1.82, 2.24) is 13.7 Å². The number of hydrogen-bond acceptors (Lipinski definition) is 0. The maximum atomic E-state index is 4.35. The fourth-order valence-corrected chi connectivity index (χ4v) is 8.23. The molecule has 236 valence electrons. The van der Waals surface area contributed by atoms with Crippen molar-refractivity contribution < 1.29 is 0 Å². The van der Waals surface area contributed by atoms with Crippen LogP contribution in [0.2, 0.25) is 0 Å². The Labute approximate surface area is 289 Å². The van der Waals surface area contributed by atoms with E-state index in [2.05, 4.69) is 191 Å². The number of para-hydroxylation sites is 4. The van der Waals surface area contributed by atoms with Gasteiger partial charge >= 0.3 is 0 Å². The van der Waals surface area contributed by atoms with Gasteiger partial charge in [0.05, 0.1) is 33.3 Å². The summed E-state index contributed by atoms with van der Waals surface area (Å²) in [5, 5.41) is 8.61. The Kier molecular flexibility index (Phi) is 6.24. The van der Waals surface area contributed by atoms with E-state index in [-0.39, 0.29) is 0 Å². The number of rotatable bonds is 5. The van der Waals surface area contributed by atoms with Gasteiger partial charge in [0.2, 0.25) is 0 Å². The minimum Gasteiger partial charge on any atom is -0.309 e. The van der Waals surface area contributed by atoms with Crippen LogP contribution in [-0.2, 0) is 0 Å². The molecule has 3 heteroatoms. The van der Waals surface area contributed by atoms with E-state index in [0.29, 0.717) is 0 Å². The van der Waals surface area contributed by atoms with Crippen LogP contribution in [0.5, 0.6) is 0 Å². The van der Waals surface area contributed by atoms with Crippen molar-refractivity contribution in [2.75, 3.05) is 0 Å². The first kappa shape index (κ1) is 28.4. The molecule has 0 fully saturated rings. The highest BCUT2D eigenvalue weighted by Crippen LogP contribution is 2.41. The minimum atomic E-state index is 1.08. The number of fused-ring (bicyclic) bond motifs is 9. The molecule has 3 nitrogen and oxygen atoms in total. The van der Waals surface area contributed by atoms with Crippen molar-refractivity contribution in [1.29, 1.82) is 0 Å². The number of benzene rings is 7. The fourth-order valence-electron chi connectivity index (χ4n) is 8.23. The van der Waals surface area contributed by atoms with E-state index in [4.69, 9.17) is 0 Å². The van der Waals surface area contributed by atoms with Gasteiger partial charge in [-0.25, -0.2) is 0 Å². The molecule has 0 aliphatic heterocycles. The van der Waals surface area contributed by atoms with Gasteiger partial charge in [0.1, 0.15) is 0 Å². The highest BCUT2D eigenvalue weighted by Gasteiger charge is 2.21. The van der Waals surface area contributed by atoms with Crippen LogP contribution in [0.1, 0.15) is 18.2 Å². The Bertz CT molecular complexity index is 2990. The third-order valence-electron chi connectivity index (χ3n) is 10.3. The van der Waals surface area contributed by atoms with Gasteiger partial charge in [0.15, 0.2) is 0 Å². The Morgan fingerprint density at radius 2 is 1.06 bits per heavy atom. The second-order valence-corrected chi connectivity index (χ2v) is 13.0. The predicted molar refractivity (Wildman–Crippen MR) is 214 cm³/mol. The molecule has 0 unspecified atom stereocenters. The van der Waals surface area contributed by atoms with Gasteiger partial charge in [0.25, 0.3) is 0 Å². The fraction of sp³-hybridized carbons (Fsp3) is 0.0213. The molecule has 10 rings (SSSR count). The van der Waals surface area contributed by atoms with Crippen molar-refractivity contribution in [3.05, 3.63) is 176 Å². The largest absolute Gasteiger partial charge is 0.309 e. The summed E-state index contributed by atoms with van der Waals surface area (Å²) in [6, 6.07) is 55.1. The first-order chi connectivity index (χ1) is 24.7. The maximum Gasteiger partial charge on any atom is 0.0619 e. The molecule has 0 spiro atoms. The predicted octanol–water partition coefficient (Wildman–Crippen LogP) is 12.7. The molecular formula is C47H33N3. The van der Waals surface area contributed by atoms with Crippen LogP contribution < -0.4 is 0 Å². The first-order valence-corrected chi connectivity index (χ1v) is 17.2. The molecule has 0 N–H and O–H groups in total. The zero-order valence-corrected chi connectivity index (χ0v) is 27.7. The monoisotopic (exact) mass is 639 g/mol. The first-order valence-electron chi connectivity index (χ1n) is 17.2. The smallest absolute Gasteiger partial charge is 0.0619 e. The standard InChI is InChI=1S/C47H33N3/c1-3-15-35-41-30-39-31(24-26-38-36-20-11-14-23-44(36)50(47(38)39)33-18-9-6-10-19-33)28-46(41)49(42(35)4-2)34-25-27-45-40(29-34)37-21-12-13-22-43(37)48(45)32-16-7-5-8-17-32/h3-30H,2H2,1H3/b15-3-. The Morgan fingerprint density at radius 1 is 0.440 bits per heavy atom. The average molecular weight is 640 g/mol. The quantitative estimate of drug-likeness (QED) is 0.178. The Hall–Kier alpha value is -6.58. The van der Waals surface area contributed by atoms with Gasteiger partial charge in [-0.3, -0.25) is 0 Å². The second-order valence-electron chi connectivity index (χ2n) is 13.0. The topological polar surface area (TPSA) is 14.8 Å². The van der Waals surface area contributed by atoms with Crippen LogP contribution in [0.15, 0.2) is 164 Å².